The van der Waals surface area contributed by atoms with Crippen molar-refractivity contribution in [2.24, 2.45) is 0 Å². The van der Waals surface area contributed by atoms with Gasteiger partial charge >= 0.3 is 0 Å². The minimum absolute atomic E-state index is 0.479. The van der Waals surface area contributed by atoms with E-state index in [1.807, 2.05) is 6.92 Å². The van der Waals surface area contributed by atoms with Crippen LogP contribution in [0.15, 0.2) is 41.3 Å². The highest BCUT2D eigenvalue weighted by molar-refractivity contribution is 7.99. The van der Waals surface area contributed by atoms with Gasteiger partial charge < -0.3 is 10.6 Å². The van der Waals surface area contributed by atoms with Crippen LogP contribution in [0.4, 0.5) is 14.5 Å². The Labute approximate surface area is 115 Å². The topological polar surface area (TPSA) is 24.1 Å². The van der Waals surface area contributed by atoms with Crippen LogP contribution in [-0.4, -0.2) is 17.4 Å². The molecule has 1 aromatic carbocycles. The SMILES string of the molecule is C=C(C)CNC(=S)Nc1ccc(SC(F)F)cc1. The summed E-state index contributed by atoms with van der Waals surface area (Å²) >= 11 is 5.59. The summed E-state index contributed by atoms with van der Waals surface area (Å²) in [4.78, 5) is 0.524. The van der Waals surface area contributed by atoms with Gasteiger partial charge in [-0.15, -0.1) is 0 Å². The van der Waals surface area contributed by atoms with Gasteiger partial charge in [0.2, 0.25) is 0 Å². The molecule has 0 atom stereocenters. The predicted molar refractivity (Wildman–Crippen MR) is 77.3 cm³/mol. The minimum Gasteiger partial charge on any atom is -0.359 e. The Kier molecular flexibility index (Phi) is 6.07. The molecule has 2 N–H and O–H groups in total. The van der Waals surface area contributed by atoms with E-state index in [4.69, 9.17) is 12.2 Å². The molecule has 6 heteroatoms. The first-order valence-corrected chi connectivity index (χ1v) is 6.50. The van der Waals surface area contributed by atoms with Crippen molar-refractivity contribution in [3.8, 4) is 0 Å². The molecule has 2 nitrogen and oxygen atoms in total. The lowest BCUT2D eigenvalue weighted by atomic mass is 10.3. The summed E-state index contributed by atoms with van der Waals surface area (Å²) in [7, 11) is 0. The van der Waals surface area contributed by atoms with Crippen molar-refractivity contribution < 1.29 is 8.78 Å². The van der Waals surface area contributed by atoms with E-state index in [2.05, 4.69) is 17.2 Å². The summed E-state index contributed by atoms with van der Waals surface area (Å²) in [6.45, 7) is 6.25. The number of halogens is 2. The Morgan fingerprint density at radius 1 is 1.39 bits per heavy atom. The van der Waals surface area contributed by atoms with E-state index in [0.29, 0.717) is 28.3 Å². The highest BCUT2D eigenvalue weighted by Gasteiger charge is 2.05. The van der Waals surface area contributed by atoms with Crippen molar-refractivity contribution in [2.45, 2.75) is 17.6 Å². The van der Waals surface area contributed by atoms with Crippen LogP contribution >= 0.6 is 24.0 Å². The molecule has 1 aromatic rings. The standard InChI is InChI=1S/C12H14F2N2S2/c1-8(2)7-15-12(17)16-9-3-5-10(6-4-9)18-11(13)14/h3-6,11H,1,7H2,2H3,(H2,15,16,17). The molecular weight excluding hydrogens is 274 g/mol. The molecule has 0 radical (unpaired) electrons. The summed E-state index contributed by atoms with van der Waals surface area (Å²) in [5.41, 5.74) is 1.73. The van der Waals surface area contributed by atoms with Crippen molar-refractivity contribution in [1.29, 1.82) is 0 Å². The van der Waals surface area contributed by atoms with Crippen LogP contribution in [0.2, 0.25) is 0 Å². The second kappa shape index (κ2) is 7.33. The molecule has 0 spiro atoms. The number of hydrogen-bond acceptors (Lipinski definition) is 2. The third-order valence-corrected chi connectivity index (χ3v) is 2.86. The Bertz CT molecular complexity index is 419. The molecule has 0 aliphatic heterocycles. The third kappa shape index (κ3) is 5.97. The lowest BCUT2D eigenvalue weighted by Crippen LogP contribution is -2.29. The lowest BCUT2D eigenvalue weighted by Gasteiger charge is -2.10. The monoisotopic (exact) mass is 288 g/mol. The van der Waals surface area contributed by atoms with Gasteiger partial charge in [-0.3, -0.25) is 0 Å². The van der Waals surface area contributed by atoms with Gasteiger partial charge in [0.05, 0.1) is 0 Å². The molecule has 98 valence electrons. The van der Waals surface area contributed by atoms with E-state index >= 15 is 0 Å². The van der Waals surface area contributed by atoms with Crippen LogP contribution in [0.3, 0.4) is 0 Å². The summed E-state index contributed by atoms with van der Waals surface area (Å²) in [6.07, 6.45) is 0. The van der Waals surface area contributed by atoms with Crippen LogP contribution in [-0.2, 0) is 0 Å². The van der Waals surface area contributed by atoms with Gasteiger partial charge in [0.15, 0.2) is 5.11 Å². The van der Waals surface area contributed by atoms with Crippen LogP contribution in [0.25, 0.3) is 0 Å². The lowest BCUT2D eigenvalue weighted by molar-refractivity contribution is 0.252. The molecule has 0 aliphatic rings. The maximum Gasteiger partial charge on any atom is 0.288 e. The Hall–Kier alpha value is -1.14. The van der Waals surface area contributed by atoms with Gasteiger partial charge in [-0.2, -0.15) is 8.78 Å². The number of thiocarbonyl (C=S) groups is 1. The van der Waals surface area contributed by atoms with E-state index in [1.54, 1.807) is 24.3 Å². The first-order chi connectivity index (χ1) is 8.47. The van der Waals surface area contributed by atoms with Crippen LogP contribution in [0.1, 0.15) is 6.92 Å². The van der Waals surface area contributed by atoms with Gasteiger partial charge in [-0.25, -0.2) is 0 Å². The largest absolute Gasteiger partial charge is 0.359 e. The first-order valence-electron chi connectivity index (χ1n) is 5.21. The second-order valence-electron chi connectivity index (χ2n) is 3.67. The maximum absolute atomic E-state index is 12.1. The van der Waals surface area contributed by atoms with Gasteiger partial charge in [-0.1, -0.05) is 23.9 Å². The van der Waals surface area contributed by atoms with Crippen molar-refractivity contribution in [3.63, 3.8) is 0 Å². The Balaban J connectivity index is 2.48. The number of anilines is 1. The zero-order valence-electron chi connectivity index (χ0n) is 9.87. The molecule has 0 saturated carbocycles. The van der Waals surface area contributed by atoms with E-state index in [9.17, 15) is 8.78 Å². The van der Waals surface area contributed by atoms with Crippen molar-refractivity contribution in [3.05, 3.63) is 36.4 Å². The minimum atomic E-state index is -2.40. The van der Waals surface area contributed by atoms with Gasteiger partial charge in [0.25, 0.3) is 5.76 Å². The quantitative estimate of drug-likeness (QED) is 0.488. The molecule has 0 aromatic heterocycles. The zero-order chi connectivity index (χ0) is 13.5. The molecule has 1 rings (SSSR count). The fourth-order valence-electron chi connectivity index (χ4n) is 1.13. The Morgan fingerprint density at radius 3 is 2.50 bits per heavy atom. The molecule has 0 fully saturated rings. The number of benzene rings is 1. The molecular formula is C12H14F2N2S2. The average Bonchev–Trinajstić information content (AvgIpc) is 2.28. The maximum atomic E-state index is 12.1. The number of nitrogens with one attached hydrogen (secondary N) is 2. The predicted octanol–water partition coefficient (Wildman–Crippen LogP) is 3.86. The van der Waals surface area contributed by atoms with E-state index < -0.39 is 5.76 Å². The summed E-state index contributed by atoms with van der Waals surface area (Å²) in [5.74, 6) is -2.40. The Morgan fingerprint density at radius 2 is 2.00 bits per heavy atom. The molecule has 18 heavy (non-hydrogen) atoms. The van der Waals surface area contributed by atoms with E-state index in [1.165, 1.54) is 0 Å². The van der Waals surface area contributed by atoms with Gasteiger partial charge in [-0.05, 0) is 43.4 Å². The zero-order valence-corrected chi connectivity index (χ0v) is 11.5. The van der Waals surface area contributed by atoms with E-state index in [-0.39, 0.29) is 0 Å². The normalized spacial score (nSPS) is 10.2. The number of alkyl halides is 2. The fraction of sp³-hybridized carbons (Fsp3) is 0.250. The van der Waals surface area contributed by atoms with Crippen LogP contribution in [0.5, 0.6) is 0 Å². The average molecular weight is 288 g/mol. The highest BCUT2D eigenvalue weighted by Crippen LogP contribution is 2.26. The summed E-state index contributed by atoms with van der Waals surface area (Å²) < 4.78 is 24.2. The smallest absolute Gasteiger partial charge is 0.288 e. The molecule has 0 amide bonds. The summed E-state index contributed by atoms with van der Waals surface area (Å²) in [6, 6.07) is 6.67. The molecule has 0 aliphatic carbocycles. The van der Waals surface area contributed by atoms with E-state index in [0.717, 1.165) is 11.3 Å². The molecule has 0 heterocycles. The van der Waals surface area contributed by atoms with Gasteiger partial charge in [0.1, 0.15) is 0 Å². The number of thioether (sulfide) groups is 1. The van der Waals surface area contributed by atoms with Crippen LogP contribution < -0.4 is 10.6 Å². The van der Waals surface area contributed by atoms with Crippen molar-refractivity contribution in [1.82, 2.24) is 5.32 Å². The first kappa shape index (κ1) is 14.9. The molecule has 0 bridgehead atoms. The van der Waals surface area contributed by atoms with Crippen molar-refractivity contribution in [2.75, 3.05) is 11.9 Å². The van der Waals surface area contributed by atoms with Crippen LogP contribution in [0, 0.1) is 0 Å². The number of hydrogen-bond donors (Lipinski definition) is 2. The molecule has 0 unspecified atom stereocenters. The van der Waals surface area contributed by atoms with Crippen molar-refractivity contribution >= 4 is 34.8 Å². The molecule has 0 saturated heterocycles. The second-order valence-corrected chi connectivity index (χ2v) is 5.14. The fourth-order valence-corrected chi connectivity index (χ4v) is 1.82. The van der Waals surface area contributed by atoms with Gasteiger partial charge in [0, 0.05) is 17.1 Å². The third-order valence-electron chi connectivity index (χ3n) is 1.89. The number of rotatable bonds is 5. The highest BCUT2D eigenvalue weighted by atomic mass is 32.2. The summed E-state index contributed by atoms with van der Waals surface area (Å²) in [5, 5.41) is 6.41.